The fraction of sp³-hybridized carbons (Fsp3) is 1.00. The van der Waals surface area contributed by atoms with Gasteiger partial charge in [0.05, 0.1) is 38.7 Å². The van der Waals surface area contributed by atoms with E-state index in [1.165, 1.54) is 14.1 Å². The van der Waals surface area contributed by atoms with Crippen molar-refractivity contribution in [3.63, 3.8) is 0 Å². The van der Waals surface area contributed by atoms with Gasteiger partial charge in [0.15, 0.2) is 0 Å². The van der Waals surface area contributed by atoms with Crippen LogP contribution in [0.1, 0.15) is 19.3 Å². The van der Waals surface area contributed by atoms with Gasteiger partial charge in [-0.3, -0.25) is 9.11 Å². The molecule has 0 bridgehead atoms. The zero-order valence-corrected chi connectivity index (χ0v) is 20.4. The summed E-state index contributed by atoms with van der Waals surface area (Å²) in [4.78, 5) is 0. The van der Waals surface area contributed by atoms with Crippen molar-refractivity contribution < 1.29 is 69.6 Å². The number of sulfonamides is 1. The molecule has 0 radical (unpaired) electrons. The lowest BCUT2D eigenvalue weighted by Crippen LogP contribution is -2.60. The molecule has 34 heavy (non-hydrogen) atoms. The molecule has 0 heterocycles. The summed E-state index contributed by atoms with van der Waals surface area (Å²) in [7, 11) is -12.7. The molecule has 0 aliphatic carbocycles. The SMILES string of the molecule is C[N+](C)(CCCN(CCCS(=O)(=O)O)S(=O)(=O)C(F)(F)C(F)(F)C(F)(F)F)CCCS(=O)(=O)O. The second-order valence-corrected chi connectivity index (χ2v) is 13.1. The average molecular weight is 580 g/mol. The van der Waals surface area contributed by atoms with Crippen molar-refractivity contribution in [3.8, 4) is 0 Å². The minimum Gasteiger partial charge on any atom is -0.328 e. The topological polar surface area (TPSA) is 146 Å². The molecule has 0 amide bonds. The molecule has 0 aliphatic heterocycles. The van der Waals surface area contributed by atoms with Gasteiger partial charge in [-0.05, 0) is 6.42 Å². The van der Waals surface area contributed by atoms with E-state index in [1.54, 1.807) is 0 Å². The lowest BCUT2D eigenvalue weighted by atomic mass is 10.3. The van der Waals surface area contributed by atoms with Crippen LogP contribution in [0.2, 0.25) is 0 Å². The summed E-state index contributed by atoms with van der Waals surface area (Å²) in [6.45, 7) is -2.27. The number of rotatable bonds is 15. The van der Waals surface area contributed by atoms with Gasteiger partial charge in [0.1, 0.15) is 0 Å². The van der Waals surface area contributed by atoms with Gasteiger partial charge in [-0.25, -0.2) is 8.42 Å². The van der Waals surface area contributed by atoms with Crippen molar-refractivity contribution in [2.24, 2.45) is 0 Å². The molecule has 206 valence electrons. The normalized spacial score (nSPS) is 15.2. The Labute approximate surface area is 192 Å². The first-order chi connectivity index (χ1) is 14.8. The molecule has 0 aromatic heterocycles. The van der Waals surface area contributed by atoms with Crippen molar-refractivity contribution >= 4 is 30.3 Å². The van der Waals surface area contributed by atoms with E-state index in [0.29, 0.717) is 0 Å². The number of nitrogens with zero attached hydrogens (tertiary/aromatic N) is 2. The van der Waals surface area contributed by atoms with Gasteiger partial charge in [0.2, 0.25) is 0 Å². The first-order valence-electron chi connectivity index (χ1n) is 9.31. The summed E-state index contributed by atoms with van der Waals surface area (Å²) in [6.07, 6.45) is -8.27. The maximum atomic E-state index is 14.0. The summed E-state index contributed by atoms with van der Waals surface area (Å²) in [6, 6.07) is 0. The van der Waals surface area contributed by atoms with E-state index in [-0.39, 0.29) is 24.0 Å². The summed E-state index contributed by atoms with van der Waals surface area (Å²) in [5.74, 6) is -8.77. The van der Waals surface area contributed by atoms with Crippen LogP contribution in [0.4, 0.5) is 30.7 Å². The lowest BCUT2D eigenvalue weighted by molar-refractivity contribution is -0.890. The summed E-state index contributed by atoms with van der Waals surface area (Å²) < 4.78 is 176. The smallest absolute Gasteiger partial charge is 0.328 e. The largest absolute Gasteiger partial charge is 0.461 e. The Morgan fingerprint density at radius 2 is 1.09 bits per heavy atom. The van der Waals surface area contributed by atoms with Crippen LogP contribution in [0.3, 0.4) is 0 Å². The number of quaternary nitrogens is 1. The van der Waals surface area contributed by atoms with E-state index in [2.05, 4.69) is 0 Å². The Balaban J connectivity index is 5.68. The van der Waals surface area contributed by atoms with E-state index in [4.69, 9.17) is 9.11 Å². The monoisotopic (exact) mass is 579 g/mol. The highest BCUT2D eigenvalue weighted by molar-refractivity contribution is 7.90. The molecular formula is C14H26F7N2O8S3+. The fourth-order valence-electron chi connectivity index (χ4n) is 2.73. The van der Waals surface area contributed by atoms with Gasteiger partial charge in [-0.15, -0.1) is 0 Å². The molecule has 2 N–H and O–H groups in total. The Kier molecular flexibility index (Phi) is 10.8. The Morgan fingerprint density at radius 1 is 0.706 bits per heavy atom. The van der Waals surface area contributed by atoms with Crippen LogP contribution < -0.4 is 0 Å². The maximum Gasteiger partial charge on any atom is 0.461 e. The van der Waals surface area contributed by atoms with E-state index < -0.39 is 89.4 Å². The molecule has 0 unspecified atom stereocenters. The highest BCUT2D eigenvalue weighted by atomic mass is 32.2. The number of alkyl halides is 7. The van der Waals surface area contributed by atoms with Gasteiger partial charge >= 0.3 is 17.4 Å². The Bertz CT molecular complexity index is 997. The molecule has 0 saturated carbocycles. The van der Waals surface area contributed by atoms with Crippen molar-refractivity contribution in [3.05, 3.63) is 0 Å². The molecule has 10 nitrogen and oxygen atoms in total. The summed E-state index contributed by atoms with van der Waals surface area (Å²) in [5, 5.41) is -6.63. The number of halogens is 7. The zero-order valence-electron chi connectivity index (χ0n) is 18.0. The van der Waals surface area contributed by atoms with Crippen LogP contribution in [0, 0.1) is 0 Å². The van der Waals surface area contributed by atoms with Gasteiger partial charge in [-0.2, -0.15) is 51.9 Å². The molecular weight excluding hydrogens is 553 g/mol. The van der Waals surface area contributed by atoms with Gasteiger partial charge in [0, 0.05) is 25.9 Å². The second-order valence-electron chi connectivity index (χ2n) is 8.01. The Hall–Kier alpha value is -0.800. The van der Waals surface area contributed by atoms with Crippen LogP contribution in [-0.4, -0.2) is 112 Å². The predicted molar refractivity (Wildman–Crippen MR) is 105 cm³/mol. The van der Waals surface area contributed by atoms with Crippen molar-refractivity contribution in [1.82, 2.24) is 4.31 Å². The minimum absolute atomic E-state index is 0.0671. The molecule has 0 rings (SSSR count). The van der Waals surface area contributed by atoms with Crippen molar-refractivity contribution in [2.75, 3.05) is 51.8 Å². The molecule has 0 atom stereocenters. The summed E-state index contributed by atoms with van der Waals surface area (Å²) >= 11 is 0. The van der Waals surface area contributed by atoms with Crippen LogP contribution in [0.15, 0.2) is 0 Å². The minimum atomic E-state index is -6.97. The fourth-order valence-corrected chi connectivity index (χ4v) is 5.22. The molecule has 0 aliphatic rings. The van der Waals surface area contributed by atoms with Crippen LogP contribution in [0.25, 0.3) is 0 Å². The van der Waals surface area contributed by atoms with Crippen LogP contribution in [0.5, 0.6) is 0 Å². The first kappa shape index (κ1) is 33.2. The quantitative estimate of drug-likeness (QED) is 0.168. The third-order valence-electron chi connectivity index (χ3n) is 4.53. The van der Waals surface area contributed by atoms with E-state index in [9.17, 15) is 56.0 Å². The lowest BCUT2D eigenvalue weighted by Gasteiger charge is -2.33. The predicted octanol–water partition coefficient (Wildman–Crippen LogP) is 1.43. The molecule has 0 saturated heterocycles. The average Bonchev–Trinajstić information content (AvgIpc) is 2.56. The van der Waals surface area contributed by atoms with Crippen molar-refractivity contribution in [1.29, 1.82) is 0 Å². The first-order valence-corrected chi connectivity index (χ1v) is 14.0. The highest BCUT2D eigenvalue weighted by Crippen LogP contribution is 2.49. The number of hydrogen-bond donors (Lipinski definition) is 2. The van der Waals surface area contributed by atoms with Crippen LogP contribution >= 0.6 is 0 Å². The second kappa shape index (κ2) is 11.1. The molecule has 0 aromatic rings. The Morgan fingerprint density at radius 3 is 1.50 bits per heavy atom. The van der Waals surface area contributed by atoms with E-state index in [0.717, 1.165) is 0 Å². The van der Waals surface area contributed by atoms with E-state index in [1.807, 2.05) is 0 Å². The maximum absolute atomic E-state index is 14.0. The van der Waals surface area contributed by atoms with Gasteiger partial charge in [0.25, 0.3) is 30.3 Å². The molecule has 0 aromatic carbocycles. The molecule has 0 fully saturated rings. The standard InChI is InChI=1S/C14H25F7N2O8S3/c1-23(2,9-5-11-33(27,28)29)8-3-6-22(7-4-10-32(24,25)26)34(30,31)14(20,21)12(15,16)13(17,18)19/h3-11H2,1-2H3,(H-,24,25,26,27,28,29)/p+1. The van der Waals surface area contributed by atoms with Gasteiger partial charge in [-0.1, -0.05) is 0 Å². The zero-order chi connectivity index (χ0) is 27.4. The van der Waals surface area contributed by atoms with Crippen LogP contribution in [-0.2, 0) is 30.3 Å². The van der Waals surface area contributed by atoms with E-state index >= 15 is 0 Å². The third-order valence-corrected chi connectivity index (χ3v) is 8.09. The molecule has 20 heteroatoms. The highest BCUT2D eigenvalue weighted by Gasteiger charge is 2.79. The van der Waals surface area contributed by atoms with Gasteiger partial charge < -0.3 is 4.48 Å². The van der Waals surface area contributed by atoms with Crippen molar-refractivity contribution in [2.45, 2.75) is 36.6 Å². The third kappa shape index (κ3) is 9.69. The molecule has 0 spiro atoms. The number of hydrogen-bond acceptors (Lipinski definition) is 6. The summed E-state index contributed by atoms with van der Waals surface area (Å²) in [5.41, 5.74) is 0.